The zero-order valence-electron chi connectivity index (χ0n) is 15.7. The van der Waals surface area contributed by atoms with Crippen molar-refractivity contribution in [2.45, 2.75) is 31.6 Å². The predicted octanol–water partition coefficient (Wildman–Crippen LogP) is 0.961. The number of carbonyl (C=O) groups is 1. The monoisotopic (exact) mass is 414 g/mol. The molecule has 0 aliphatic carbocycles. The first-order valence-corrected chi connectivity index (χ1v) is 12.4. The van der Waals surface area contributed by atoms with Crippen molar-refractivity contribution in [1.82, 2.24) is 9.21 Å². The van der Waals surface area contributed by atoms with Gasteiger partial charge in [0, 0.05) is 32.1 Å². The number of benzene rings is 1. The maximum Gasteiger partial charge on any atom is 0.243 e. The molecule has 0 N–H and O–H groups in total. The second-order valence-corrected chi connectivity index (χ2v) is 11.6. The van der Waals surface area contributed by atoms with Crippen LogP contribution in [0.15, 0.2) is 23.1 Å². The van der Waals surface area contributed by atoms with E-state index in [1.807, 2.05) is 13.0 Å². The highest BCUT2D eigenvalue weighted by atomic mass is 32.2. The first-order valence-electron chi connectivity index (χ1n) is 9.17. The van der Waals surface area contributed by atoms with Gasteiger partial charge in [-0.2, -0.15) is 4.31 Å². The Bertz CT molecular complexity index is 918. The maximum absolute atomic E-state index is 12.9. The van der Waals surface area contributed by atoms with Crippen LogP contribution in [0.25, 0.3) is 0 Å². The zero-order valence-corrected chi connectivity index (χ0v) is 17.4. The molecule has 9 heteroatoms. The lowest BCUT2D eigenvalue weighted by Gasteiger charge is -2.35. The molecule has 0 bridgehead atoms. The van der Waals surface area contributed by atoms with Crippen molar-refractivity contribution in [3.63, 3.8) is 0 Å². The fourth-order valence-corrected chi connectivity index (χ4v) is 6.64. The number of carbonyl (C=O) groups excluding carboxylic acids is 1. The van der Waals surface area contributed by atoms with E-state index in [-0.39, 0.29) is 36.4 Å². The number of sulfone groups is 1. The van der Waals surface area contributed by atoms with Crippen LogP contribution in [0, 0.1) is 19.8 Å². The maximum atomic E-state index is 12.9. The van der Waals surface area contributed by atoms with Crippen molar-refractivity contribution in [3.8, 4) is 0 Å². The van der Waals surface area contributed by atoms with Crippen LogP contribution < -0.4 is 0 Å². The third kappa shape index (κ3) is 4.35. The summed E-state index contributed by atoms with van der Waals surface area (Å²) in [6, 6.07) is 5.29. The van der Waals surface area contributed by atoms with Gasteiger partial charge in [-0.1, -0.05) is 17.7 Å². The molecule has 27 heavy (non-hydrogen) atoms. The molecule has 0 atom stereocenters. The molecular formula is C18H26N2O5S2. The summed E-state index contributed by atoms with van der Waals surface area (Å²) in [4.78, 5) is 14.6. The van der Waals surface area contributed by atoms with Gasteiger partial charge < -0.3 is 4.90 Å². The number of amides is 1. The number of aryl methyl sites for hydroxylation is 2. The van der Waals surface area contributed by atoms with Crippen LogP contribution >= 0.6 is 0 Å². The van der Waals surface area contributed by atoms with Crippen molar-refractivity contribution < 1.29 is 21.6 Å². The number of hydrogen-bond acceptors (Lipinski definition) is 5. The molecule has 1 aromatic rings. The summed E-state index contributed by atoms with van der Waals surface area (Å²) >= 11 is 0. The van der Waals surface area contributed by atoms with Crippen LogP contribution in [0.1, 0.15) is 24.0 Å². The van der Waals surface area contributed by atoms with Gasteiger partial charge in [-0.25, -0.2) is 16.8 Å². The number of piperidine rings is 1. The molecule has 0 radical (unpaired) electrons. The molecule has 0 saturated carbocycles. The Kier molecular flexibility index (Phi) is 5.65. The van der Waals surface area contributed by atoms with E-state index in [9.17, 15) is 21.6 Å². The third-order valence-electron chi connectivity index (χ3n) is 5.41. The fraction of sp³-hybridized carbons (Fsp3) is 0.611. The molecule has 3 rings (SSSR count). The topological polar surface area (TPSA) is 91.8 Å². The largest absolute Gasteiger partial charge is 0.340 e. The molecule has 0 spiro atoms. The molecular weight excluding hydrogens is 388 g/mol. The Hall–Kier alpha value is -1.45. The van der Waals surface area contributed by atoms with E-state index in [2.05, 4.69) is 0 Å². The summed E-state index contributed by atoms with van der Waals surface area (Å²) in [5, 5.41) is 0. The SMILES string of the molecule is Cc1ccc(S(=O)(=O)N2CCC(C(=O)N3CCS(=O)(=O)CC3)CC2)c(C)c1. The smallest absolute Gasteiger partial charge is 0.243 e. The van der Waals surface area contributed by atoms with Gasteiger partial charge in [0.2, 0.25) is 15.9 Å². The van der Waals surface area contributed by atoms with Crippen LogP contribution in [-0.2, 0) is 24.7 Å². The molecule has 1 aromatic carbocycles. The first-order chi connectivity index (χ1) is 12.6. The van der Waals surface area contributed by atoms with Crippen molar-refractivity contribution >= 4 is 25.8 Å². The molecule has 2 fully saturated rings. The summed E-state index contributed by atoms with van der Waals surface area (Å²) in [6.07, 6.45) is 0.929. The van der Waals surface area contributed by atoms with E-state index in [4.69, 9.17) is 0 Å². The average molecular weight is 415 g/mol. The Morgan fingerprint density at radius 1 is 1.04 bits per heavy atom. The minimum absolute atomic E-state index is 0.0126. The number of hydrogen-bond donors (Lipinski definition) is 0. The minimum Gasteiger partial charge on any atom is -0.340 e. The van der Waals surface area contributed by atoms with E-state index in [0.717, 1.165) is 11.1 Å². The summed E-state index contributed by atoms with van der Waals surface area (Å²) in [7, 11) is -6.60. The summed E-state index contributed by atoms with van der Waals surface area (Å²) in [5.41, 5.74) is 1.74. The van der Waals surface area contributed by atoms with E-state index in [0.29, 0.717) is 30.8 Å². The van der Waals surface area contributed by atoms with E-state index in [1.54, 1.807) is 24.0 Å². The molecule has 7 nitrogen and oxygen atoms in total. The van der Waals surface area contributed by atoms with Crippen LogP contribution in [0.3, 0.4) is 0 Å². The van der Waals surface area contributed by atoms with Gasteiger partial charge in [0.15, 0.2) is 9.84 Å². The lowest BCUT2D eigenvalue weighted by atomic mass is 9.96. The van der Waals surface area contributed by atoms with Crippen molar-refractivity contribution in [1.29, 1.82) is 0 Å². The highest BCUT2D eigenvalue weighted by Gasteiger charge is 2.35. The van der Waals surface area contributed by atoms with Gasteiger partial charge in [0.1, 0.15) is 0 Å². The Labute approximate surface area is 161 Å². The van der Waals surface area contributed by atoms with Gasteiger partial charge in [-0.3, -0.25) is 4.79 Å². The molecule has 2 aliphatic rings. The van der Waals surface area contributed by atoms with Crippen molar-refractivity contribution in [2.75, 3.05) is 37.7 Å². The minimum atomic E-state index is -3.57. The van der Waals surface area contributed by atoms with Gasteiger partial charge in [-0.15, -0.1) is 0 Å². The van der Waals surface area contributed by atoms with Crippen molar-refractivity contribution in [3.05, 3.63) is 29.3 Å². The summed E-state index contributed by atoms with van der Waals surface area (Å²) in [5.74, 6) is -0.262. The standard InChI is InChI=1S/C18H26N2O5S2/c1-14-3-4-17(15(2)13-14)27(24,25)20-7-5-16(6-8-20)18(21)19-9-11-26(22,23)12-10-19/h3-4,13,16H,5-12H2,1-2H3. The number of sulfonamides is 1. The molecule has 150 valence electrons. The average Bonchev–Trinajstić information content (AvgIpc) is 2.61. The van der Waals surface area contributed by atoms with E-state index >= 15 is 0 Å². The quantitative estimate of drug-likeness (QED) is 0.735. The van der Waals surface area contributed by atoms with Crippen LogP contribution in [-0.4, -0.2) is 69.6 Å². The molecule has 2 aliphatic heterocycles. The lowest BCUT2D eigenvalue weighted by Crippen LogP contribution is -2.49. The van der Waals surface area contributed by atoms with Crippen LogP contribution in [0.5, 0.6) is 0 Å². The Morgan fingerprint density at radius 2 is 1.63 bits per heavy atom. The fourth-order valence-electron chi connectivity index (χ4n) is 3.76. The van der Waals surface area contributed by atoms with Crippen LogP contribution in [0.2, 0.25) is 0 Å². The zero-order chi connectivity index (χ0) is 19.8. The summed E-state index contributed by atoms with van der Waals surface area (Å²) < 4.78 is 50.4. The highest BCUT2D eigenvalue weighted by molar-refractivity contribution is 7.91. The normalized spacial score (nSPS) is 21.9. The molecule has 0 aromatic heterocycles. The van der Waals surface area contributed by atoms with Gasteiger partial charge in [-0.05, 0) is 38.3 Å². The van der Waals surface area contributed by atoms with Gasteiger partial charge in [0.25, 0.3) is 0 Å². The van der Waals surface area contributed by atoms with Crippen molar-refractivity contribution in [2.24, 2.45) is 5.92 Å². The predicted molar refractivity (Wildman–Crippen MR) is 103 cm³/mol. The van der Waals surface area contributed by atoms with Gasteiger partial charge >= 0.3 is 0 Å². The van der Waals surface area contributed by atoms with Gasteiger partial charge in [0.05, 0.1) is 16.4 Å². The molecule has 1 amide bonds. The molecule has 2 saturated heterocycles. The molecule has 2 heterocycles. The number of nitrogens with zero attached hydrogens (tertiary/aromatic N) is 2. The second-order valence-electron chi connectivity index (χ2n) is 7.42. The van der Waals surface area contributed by atoms with E-state index in [1.165, 1.54) is 4.31 Å². The molecule has 0 unspecified atom stereocenters. The van der Waals surface area contributed by atoms with Crippen LogP contribution in [0.4, 0.5) is 0 Å². The summed E-state index contributed by atoms with van der Waals surface area (Å²) in [6.45, 7) is 4.80. The Balaban J connectivity index is 1.64. The Morgan fingerprint density at radius 3 is 2.19 bits per heavy atom. The number of rotatable bonds is 3. The first kappa shape index (κ1) is 20.3. The van der Waals surface area contributed by atoms with E-state index < -0.39 is 19.9 Å². The highest BCUT2D eigenvalue weighted by Crippen LogP contribution is 2.27. The second kappa shape index (κ2) is 7.52. The third-order valence-corrected chi connectivity index (χ3v) is 9.08. The lowest BCUT2D eigenvalue weighted by molar-refractivity contribution is -0.136.